The zero-order chi connectivity index (χ0) is 13.3. The lowest BCUT2D eigenvalue weighted by Crippen LogP contribution is -2.41. The molecule has 0 aromatic heterocycles. The van der Waals surface area contributed by atoms with E-state index in [1.807, 2.05) is 6.92 Å². The van der Waals surface area contributed by atoms with E-state index in [2.05, 4.69) is 0 Å². The first-order valence-electron chi connectivity index (χ1n) is 6.25. The summed E-state index contributed by atoms with van der Waals surface area (Å²) < 4.78 is 52.0. The van der Waals surface area contributed by atoms with E-state index in [0.717, 1.165) is 25.7 Å². The van der Waals surface area contributed by atoms with Crippen LogP contribution in [-0.4, -0.2) is 38.4 Å². The van der Waals surface area contributed by atoms with Crippen LogP contribution in [0, 0.1) is 5.41 Å². The van der Waals surface area contributed by atoms with Crippen LogP contribution in [0.25, 0.3) is 0 Å². The van der Waals surface area contributed by atoms with Crippen LogP contribution in [0.2, 0.25) is 0 Å². The average Bonchev–Trinajstić information content (AvgIpc) is 2.71. The zero-order valence-electron chi connectivity index (χ0n) is 10.5. The van der Waals surface area contributed by atoms with Crippen molar-refractivity contribution in [3.8, 4) is 0 Å². The summed E-state index contributed by atoms with van der Waals surface area (Å²) in [7, 11) is 0. The predicted octanol–water partition coefficient (Wildman–Crippen LogP) is 2.89. The molecule has 0 aromatic carbocycles. The molecule has 1 heterocycles. The highest BCUT2D eigenvalue weighted by Crippen LogP contribution is 2.44. The lowest BCUT2D eigenvalue weighted by molar-refractivity contribution is -0.205. The SMILES string of the molecule is CC1(COCC(F)(F)F)CCC2(CC1)OCCO2. The highest BCUT2D eigenvalue weighted by Gasteiger charge is 2.44. The van der Waals surface area contributed by atoms with Gasteiger partial charge in [-0.25, -0.2) is 0 Å². The molecule has 0 aromatic rings. The first kappa shape index (κ1) is 14.1. The van der Waals surface area contributed by atoms with E-state index in [4.69, 9.17) is 14.2 Å². The van der Waals surface area contributed by atoms with Crippen LogP contribution in [0.4, 0.5) is 13.2 Å². The Bertz CT molecular complexity index is 275. The van der Waals surface area contributed by atoms with E-state index < -0.39 is 18.6 Å². The van der Waals surface area contributed by atoms with Gasteiger partial charge in [0.15, 0.2) is 5.79 Å². The Hall–Kier alpha value is -0.330. The number of ether oxygens (including phenoxy) is 3. The fraction of sp³-hybridized carbons (Fsp3) is 1.00. The van der Waals surface area contributed by atoms with Gasteiger partial charge in [-0.05, 0) is 18.3 Å². The van der Waals surface area contributed by atoms with Gasteiger partial charge in [-0.15, -0.1) is 0 Å². The van der Waals surface area contributed by atoms with Crippen molar-refractivity contribution >= 4 is 0 Å². The van der Waals surface area contributed by atoms with Crippen molar-refractivity contribution in [1.29, 1.82) is 0 Å². The fourth-order valence-corrected chi connectivity index (χ4v) is 2.58. The van der Waals surface area contributed by atoms with E-state index in [0.29, 0.717) is 13.2 Å². The van der Waals surface area contributed by atoms with Gasteiger partial charge >= 0.3 is 6.18 Å². The summed E-state index contributed by atoms with van der Waals surface area (Å²) in [6.07, 6.45) is -1.24. The number of alkyl halides is 3. The van der Waals surface area contributed by atoms with Crippen molar-refractivity contribution in [3.63, 3.8) is 0 Å². The summed E-state index contributed by atoms with van der Waals surface area (Å²) in [5.74, 6) is -0.469. The van der Waals surface area contributed by atoms with E-state index >= 15 is 0 Å². The third kappa shape index (κ3) is 3.59. The molecule has 1 aliphatic carbocycles. The highest BCUT2D eigenvalue weighted by atomic mass is 19.4. The summed E-state index contributed by atoms with van der Waals surface area (Å²) in [4.78, 5) is 0. The summed E-state index contributed by atoms with van der Waals surface area (Å²) in [6.45, 7) is 2.16. The van der Waals surface area contributed by atoms with Gasteiger partial charge in [0.05, 0.1) is 19.8 Å². The van der Waals surface area contributed by atoms with Gasteiger partial charge in [0.1, 0.15) is 6.61 Å². The molecule has 2 aliphatic rings. The predicted molar refractivity (Wildman–Crippen MR) is 58.1 cm³/mol. The normalized spacial score (nSPS) is 26.7. The quantitative estimate of drug-likeness (QED) is 0.787. The van der Waals surface area contributed by atoms with Crippen molar-refractivity contribution in [2.75, 3.05) is 26.4 Å². The summed E-state index contributed by atoms with van der Waals surface area (Å²) >= 11 is 0. The third-order valence-electron chi connectivity index (χ3n) is 3.75. The Morgan fingerprint density at radius 3 is 2.11 bits per heavy atom. The molecule has 0 radical (unpaired) electrons. The highest BCUT2D eigenvalue weighted by molar-refractivity contribution is 4.88. The van der Waals surface area contributed by atoms with Crippen molar-refractivity contribution in [1.82, 2.24) is 0 Å². The first-order chi connectivity index (χ1) is 8.33. The molecular weight excluding hydrogens is 249 g/mol. The smallest absolute Gasteiger partial charge is 0.371 e. The minimum Gasteiger partial charge on any atom is -0.371 e. The van der Waals surface area contributed by atoms with Crippen LogP contribution in [0.15, 0.2) is 0 Å². The number of hydrogen-bond donors (Lipinski definition) is 0. The molecule has 6 heteroatoms. The van der Waals surface area contributed by atoms with Crippen LogP contribution in [0.5, 0.6) is 0 Å². The summed E-state index contributed by atoms with van der Waals surface area (Å²) in [5, 5.41) is 0. The maximum absolute atomic E-state index is 12.0. The molecule has 1 saturated carbocycles. The van der Waals surface area contributed by atoms with Crippen LogP contribution < -0.4 is 0 Å². The van der Waals surface area contributed by atoms with Crippen LogP contribution in [0.1, 0.15) is 32.6 Å². The molecule has 106 valence electrons. The van der Waals surface area contributed by atoms with Crippen molar-refractivity contribution in [3.05, 3.63) is 0 Å². The van der Waals surface area contributed by atoms with Gasteiger partial charge in [0, 0.05) is 12.8 Å². The Kier molecular flexibility index (Phi) is 3.90. The van der Waals surface area contributed by atoms with Gasteiger partial charge < -0.3 is 14.2 Å². The fourth-order valence-electron chi connectivity index (χ4n) is 2.58. The topological polar surface area (TPSA) is 27.7 Å². The molecule has 1 spiro atoms. The molecule has 1 saturated heterocycles. The monoisotopic (exact) mass is 268 g/mol. The summed E-state index contributed by atoms with van der Waals surface area (Å²) in [5.41, 5.74) is -0.203. The van der Waals surface area contributed by atoms with Crippen molar-refractivity contribution < 1.29 is 27.4 Å². The molecule has 18 heavy (non-hydrogen) atoms. The molecule has 3 nitrogen and oxygen atoms in total. The Balaban J connectivity index is 1.76. The van der Waals surface area contributed by atoms with Gasteiger partial charge in [0.25, 0.3) is 0 Å². The average molecular weight is 268 g/mol. The second kappa shape index (κ2) is 4.98. The second-order valence-electron chi connectivity index (χ2n) is 5.53. The maximum atomic E-state index is 12.0. The van der Waals surface area contributed by atoms with Gasteiger partial charge in [-0.1, -0.05) is 6.92 Å². The van der Waals surface area contributed by atoms with Gasteiger partial charge in [-0.2, -0.15) is 13.2 Å². The molecule has 2 rings (SSSR count). The molecule has 0 bridgehead atoms. The van der Waals surface area contributed by atoms with Gasteiger partial charge in [0.2, 0.25) is 0 Å². The van der Waals surface area contributed by atoms with E-state index in [9.17, 15) is 13.2 Å². The minimum atomic E-state index is -4.25. The van der Waals surface area contributed by atoms with Crippen LogP contribution >= 0.6 is 0 Å². The maximum Gasteiger partial charge on any atom is 0.411 e. The lowest BCUT2D eigenvalue weighted by atomic mass is 9.74. The second-order valence-corrected chi connectivity index (χ2v) is 5.53. The Morgan fingerprint density at radius 1 is 1.06 bits per heavy atom. The van der Waals surface area contributed by atoms with Crippen LogP contribution in [0.3, 0.4) is 0 Å². The number of rotatable bonds is 3. The molecule has 0 N–H and O–H groups in total. The zero-order valence-corrected chi connectivity index (χ0v) is 10.5. The molecule has 0 amide bonds. The standard InChI is InChI=1S/C12H19F3O3/c1-10(8-16-9-12(13,14)15)2-4-11(5-3-10)17-6-7-18-11/h2-9H2,1H3. The minimum absolute atomic E-state index is 0.141. The largest absolute Gasteiger partial charge is 0.411 e. The van der Waals surface area contributed by atoms with E-state index in [1.165, 1.54) is 0 Å². The molecule has 0 atom stereocenters. The Labute approximate surface area is 105 Å². The third-order valence-corrected chi connectivity index (χ3v) is 3.75. The number of halogens is 3. The lowest BCUT2D eigenvalue weighted by Gasteiger charge is -2.41. The summed E-state index contributed by atoms with van der Waals surface area (Å²) in [6, 6.07) is 0. The first-order valence-corrected chi connectivity index (χ1v) is 6.25. The Morgan fingerprint density at radius 2 is 1.61 bits per heavy atom. The molecule has 1 aliphatic heterocycles. The molecule has 0 unspecified atom stereocenters. The van der Waals surface area contributed by atoms with E-state index in [-0.39, 0.29) is 12.0 Å². The van der Waals surface area contributed by atoms with Crippen molar-refractivity contribution in [2.45, 2.75) is 44.6 Å². The van der Waals surface area contributed by atoms with Gasteiger partial charge in [-0.3, -0.25) is 0 Å². The van der Waals surface area contributed by atoms with Crippen LogP contribution in [-0.2, 0) is 14.2 Å². The molecular formula is C12H19F3O3. The molecule has 2 fully saturated rings. The van der Waals surface area contributed by atoms with E-state index in [1.54, 1.807) is 0 Å². The number of hydrogen-bond acceptors (Lipinski definition) is 3. The van der Waals surface area contributed by atoms with Crippen molar-refractivity contribution in [2.24, 2.45) is 5.41 Å².